The molecule has 2 atom stereocenters. The first kappa shape index (κ1) is 34.5. The molecule has 3 fully saturated rings. The summed E-state index contributed by atoms with van der Waals surface area (Å²) < 4.78 is 22.2. The van der Waals surface area contributed by atoms with Crippen LogP contribution < -0.4 is 5.32 Å². The minimum Gasteiger partial charge on any atom is -0.464 e. The summed E-state index contributed by atoms with van der Waals surface area (Å²) in [4.78, 5) is 23.5. The van der Waals surface area contributed by atoms with Crippen molar-refractivity contribution in [1.82, 2.24) is 5.32 Å². The van der Waals surface area contributed by atoms with Gasteiger partial charge in [0.25, 0.3) is 0 Å². The van der Waals surface area contributed by atoms with Gasteiger partial charge in [-0.15, -0.1) is 0 Å². The maximum atomic E-state index is 11.8. The van der Waals surface area contributed by atoms with Gasteiger partial charge in [-0.05, 0) is 74.1 Å². The molecule has 1 heterocycles. The van der Waals surface area contributed by atoms with Crippen LogP contribution in [0.25, 0.3) is 0 Å². The smallest absolute Gasteiger partial charge is 0.464 e. The van der Waals surface area contributed by atoms with Crippen LogP contribution in [0.1, 0.15) is 28.9 Å². The topological polar surface area (TPSA) is 83.1 Å². The van der Waals surface area contributed by atoms with Crippen molar-refractivity contribution >= 4 is 12.1 Å². The summed E-state index contributed by atoms with van der Waals surface area (Å²) in [5, 5.41) is 2.40. The van der Waals surface area contributed by atoms with Gasteiger partial charge in [0.05, 0.1) is 7.11 Å². The van der Waals surface area contributed by atoms with Crippen LogP contribution in [0.15, 0.2) is 103 Å². The van der Waals surface area contributed by atoms with E-state index in [-0.39, 0.29) is 47.9 Å². The van der Waals surface area contributed by atoms with E-state index in [4.69, 9.17) is 14.2 Å². The third-order valence-corrected chi connectivity index (χ3v) is 6.89. The number of benzene rings is 3. The average Bonchev–Trinajstić information content (AvgIpc) is 3.88. The summed E-state index contributed by atoms with van der Waals surface area (Å²) in [6, 6.07) is 29.8. The molecule has 2 aliphatic carbocycles. The molecule has 1 saturated heterocycles. The zero-order valence-electron chi connectivity index (χ0n) is 24.6. The number of carbonyl (C=O) groups excluding carboxylic acids is 2. The minimum atomic E-state index is -0.716. The molecule has 45 heavy (non-hydrogen) atoms. The molecule has 0 aromatic heterocycles. The van der Waals surface area contributed by atoms with Crippen molar-refractivity contribution in [3.05, 3.63) is 183 Å². The molecular formula is C37H33FeNO6+2. The molecule has 3 aromatic carbocycles. The van der Waals surface area contributed by atoms with E-state index in [9.17, 15) is 9.59 Å². The molecule has 6 rings (SSSR count). The SMILES string of the molecule is COC(=O)/C(=C/[C]1[CH][CH][CH][CH]1)NC(=O)OCc1ccccc1.[CH]1[CH][CH][C](C2OC(c3ccccc3)C(c3ccccc3)O2)[CH]1.[Fe+2]. The van der Waals surface area contributed by atoms with E-state index >= 15 is 0 Å². The number of esters is 1. The van der Waals surface area contributed by atoms with Crippen LogP contribution in [0.4, 0.5) is 4.79 Å². The molecule has 8 heteroatoms. The molecule has 3 aliphatic rings. The molecule has 1 aliphatic heterocycles. The van der Waals surface area contributed by atoms with Crippen molar-refractivity contribution < 1.29 is 45.6 Å². The Morgan fingerprint density at radius 2 is 1.22 bits per heavy atom. The Hall–Kier alpha value is -3.42. The van der Waals surface area contributed by atoms with E-state index in [0.29, 0.717) is 0 Å². The summed E-state index contributed by atoms with van der Waals surface area (Å²) in [5.41, 5.74) is 3.17. The van der Waals surface area contributed by atoms with E-state index < -0.39 is 12.1 Å². The molecule has 2 unspecified atom stereocenters. The molecular weight excluding hydrogens is 610 g/mol. The number of amides is 1. The van der Waals surface area contributed by atoms with Crippen molar-refractivity contribution in [3.63, 3.8) is 0 Å². The Bertz CT molecular complexity index is 1290. The van der Waals surface area contributed by atoms with Gasteiger partial charge in [-0.2, -0.15) is 0 Å². The second-order valence-electron chi connectivity index (χ2n) is 9.94. The van der Waals surface area contributed by atoms with Gasteiger partial charge in [-0.25, -0.2) is 9.59 Å². The maximum Gasteiger partial charge on any atom is 2.00 e. The van der Waals surface area contributed by atoms with Crippen LogP contribution >= 0.6 is 0 Å². The average molecular weight is 644 g/mol. The van der Waals surface area contributed by atoms with Crippen LogP contribution in [-0.2, 0) is 47.4 Å². The van der Waals surface area contributed by atoms with E-state index in [1.807, 2.05) is 105 Å². The van der Waals surface area contributed by atoms with Gasteiger partial charge in [0.15, 0.2) is 6.29 Å². The summed E-state index contributed by atoms with van der Waals surface area (Å²) >= 11 is 0. The molecule has 7 nitrogen and oxygen atoms in total. The zero-order valence-corrected chi connectivity index (χ0v) is 25.7. The van der Waals surface area contributed by atoms with Crippen molar-refractivity contribution in [2.45, 2.75) is 25.1 Å². The Morgan fingerprint density at radius 3 is 1.73 bits per heavy atom. The fourth-order valence-electron chi connectivity index (χ4n) is 4.71. The summed E-state index contributed by atoms with van der Waals surface area (Å²) in [6.45, 7) is 0.123. The Morgan fingerprint density at radius 1 is 0.733 bits per heavy atom. The van der Waals surface area contributed by atoms with Crippen molar-refractivity contribution in [2.24, 2.45) is 0 Å². The molecule has 1 N–H and O–H groups in total. The van der Waals surface area contributed by atoms with E-state index in [0.717, 1.165) is 28.5 Å². The van der Waals surface area contributed by atoms with Gasteiger partial charge in [-0.1, -0.05) is 91.0 Å². The molecule has 1 amide bonds. The van der Waals surface area contributed by atoms with Gasteiger partial charge in [-0.3, -0.25) is 5.32 Å². The maximum absolute atomic E-state index is 11.8. The second-order valence-corrected chi connectivity index (χ2v) is 9.94. The first-order valence-corrected chi connectivity index (χ1v) is 14.2. The van der Waals surface area contributed by atoms with Crippen LogP contribution in [0.3, 0.4) is 0 Å². The number of hydrogen-bond donors (Lipinski definition) is 1. The first-order chi connectivity index (χ1) is 21.6. The summed E-state index contributed by atoms with van der Waals surface area (Å²) in [5.74, 6) is 1.21. The van der Waals surface area contributed by atoms with Gasteiger partial charge in [0.1, 0.15) is 24.5 Å². The number of rotatable bonds is 8. The van der Waals surface area contributed by atoms with Gasteiger partial charge in [0.2, 0.25) is 0 Å². The third-order valence-electron chi connectivity index (χ3n) is 6.89. The van der Waals surface area contributed by atoms with Crippen molar-refractivity contribution in [2.75, 3.05) is 7.11 Å². The van der Waals surface area contributed by atoms with Crippen molar-refractivity contribution in [3.8, 4) is 0 Å². The number of nitrogens with one attached hydrogen (secondary N) is 1. The Kier molecular flexibility index (Phi) is 13.7. The predicted octanol–water partition coefficient (Wildman–Crippen LogP) is 6.62. The van der Waals surface area contributed by atoms with Crippen LogP contribution in [0.5, 0.6) is 0 Å². The van der Waals surface area contributed by atoms with E-state index in [1.165, 1.54) is 13.2 Å². The molecule has 3 aromatic rings. The van der Waals surface area contributed by atoms with Gasteiger partial charge < -0.3 is 18.9 Å². The van der Waals surface area contributed by atoms with E-state index in [1.54, 1.807) is 12.8 Å². The molecule has 228 valence electrons. The summed E-state index contributed by atoms with van der Waals surface area (Å²) in [6.07, 6.45) is 15.7. The predicted molar refractivity (Wildman–Crippen MR) is 165 cm³/mol. The fraction of sp³-hybridized carbons (Fsp3) is 0.135. The fourth-order valence-corrected chi connectivity index (χ4v) is 4.71. The number of ether oxygens (including phenoxy) is 4. The van der Waals surface area contributed by atoms with E-state index in [2.05, 4.69) is 34.3 Å². The molecule has 10 radical (unpaired) electrons. The zero-order chi connectivity index (χ0) is 30.6. The normalized spacial score (nSPS) is 21.7. The van der Waals surface area contributed by atoms with Crippen LogP contribution in [0, 0.1) is 63.2 Å². The summed E-state index contributed by atoms with van der Waals surface area (Å²) in [7, 11) is 1.25. The quantitative estimate of drug-likeness (QED) is 0.169. The standard InChI is InChI=1S/C20H17O2.C17H16NO4.Fe/c1-3-9-15(10-4-1)18-19(16-11-5-2-6-12-16)22-20(21-18)17-13-7-8-14-17;1-21-16(19)15(11-13-7-5-6-8-13)18-17(20)22-12-14-9-3-2-4-10-14;/h1-14,18-20H;2-11H,12H2,1H3,(H,18,20);/q;;+2/b;15-11-;. The number of carbonyl (C=O) groups is 2. The molecule has 0 spiro atoms. The number of hydrogen-bond acceptors (Lipinski definition) is 6. The number of allylic oxidation sites excluding steroid dienone is 1. The van der Waals surface area contributed by atoms with Gasteiger partial charge in [0, 0.05) is 11.8 Å². The first-order valence-electron chi connectivity index (χ1n) is 14.2. The third kappa shape index (κ3) is 10.0. The number of methoxy groups -OCH3 is 1. The van der Waals surface area contributed by atoms with Crippen LogP contribution in [-0.4, -0.2) is 25.5 Å². The molecule has 0 bridgehead atoms. The minimum absolute atomic E-state index is 0. The second kappa shape index (κ2) is 17.9. The Labute approximate surface area is 277 Å². The largest absolute Gasteiger partial charge is 2.00 e. The molecule has 2 saturated carbocycles. The van der Waals surface area contributed by atoms with Gasteiger partial charge >= 0.3 is 29.1 Å². The Balaban J connectivity index is 0.000000200. The monoisotopic (exact) mass is 643 g/mol. The van der Waals surface area contributed by atoms with Crippen molar-refractivity contribution in [1.29, 1.82) is 0 Å². The number of alkyl carbamates (subject to hydrolysis) is 1. The van der Waals surface area contributed by atoms with Crippen LogP contribution in [0.2, 0.25) is 0 Å².